The Hall–Kier alpha value is -1.03. The van der Waals surface area contributed by atoms with Crippen molar-refractivity contribution in [3.05, 3.63) is 40.3 Å². The monoisotopic (exact) mass is 298 g/mol. The molecule has 0 radical (unpaired) electrons. The van der Waals surface area contributed by atoms with Gasteiger partial charge in [0.2, 0.25) is 5.89 Å². The van der Waals surface area contributed by atoms with Gasteiger partial charge in [-0.1, -0.05) is 29.3 Å². The summed E-state index contributed by atoms with van der Waals surface area (Å²) in [6.45, 7) is 6.82. The molecule has 0 spiro atoms. The Bertz CT molecular complexity index is 553. The molecule has 102 valence electrons. The molecule has 1 N–H and O–H groups in total. The van der Waals surface area contributed by atoms with Crippen molar-refractivity contribution in [3.63, 3.8) is 0 Å². The fourth-order valence-corrected chi connectivity index (χ4v) is 2.17. The van der Waals surface area contributed by atoms with Crippen molar-refractivity contribution in [2.24, 2.45) is 0 Å². The predicted molar refractivity (Wildman–Crippen MR) is 78.6 cm³/mol. The summed E-state index contributed by atoms with van der Waals surface area (Å²) in [6, 6.07) is 5.35. The highest BCUT2D eigenvalue weighted by Crippen LogP contribution is 2.34. The maximum absolute atomic E-state index is 6.14. The molecule has 0 bridgehead atoms. The molecule has 2 aromatic rings. The van der Waals surface area contributed by atoms with Gasteiger partial charge in [-0.25, -0.2) is 4.98 Å². The molecule has 0 saturated carbocycles. The SMILES string of the molecule is CC(C)(C)NCc1ncc(-c2c(Cl)cccc2Cl)o1. The van der Waals surface area contributed by atoms with Crippen LogP contribution in [0.3, 0.4) is 0 Å². The fourth-order valence-electron chi connectivity index (χ4n) is 1.58. The number of benzene rings is 1. The smallest absolute Gasteiger partial charge is 0.208 e. The molecule has 0 fully saturated rings. The molecule has 0 saturated heterocycles. The molecule has 5 heteroatoms. The third kappa shape index (κ3) is 3.72. The van der Waals surface area contributed by atoms with Crippen molar-refractivity contribution in [2.75, 3.05) is 0 Å². The van der Waals surface area contributed by atoms with Gasteiger partial charge in [-0.15, -0.1) is 0 Å². The second-order valence-corrected chi connectivity index (χ2v) is 6.13. The first-order valence-corrected chi connectivity index (χ1v) is 6.76. The van der Waals surface area contributed by atoms with Crippen molar-refractivity contribution in [1.82, 2.24) is 10.3 Å². The summed E-state index contributed by atoms with van der Waals surface area (Å²) in [5, 5.41) is 4.42. The van der Waals surface area contributed by atoms with E-state index in [9.17, 15) is 0 Å². The van der Waals surface area contributed by atoms with Crippen LogP contribution in [-0.4, -0.2) is 10.5 Å². The highest BCUT2D eigenvalue weighted by atomic mass is 35.5. The number of nitrogens with zero attached hydrogens (tertiary/aromatic N) is 1. The van der Waals surface area contributed by atoms with E-state index in [1.54, 1.807) is 24.4 Å². The second kappa shape index (κ2) is 5.53. The molecule has 0 aliphatic heterocycles. The lowest BCUT2D eigenvalue weighted by Crippen LogP contribution is -2.35. The summed E-state index contributed by atoms with van der Waals surface area (Å²) in [6.07, 6.45) is 1.65. The Kier molecular flexibility index (Phi) is 4.19. The lowest BCUT2D eigenvalue weighted by atomic mass is 10.1. The van der Waals surface area contributed by atoms with E-state index in [2.05, 4.69) is 31.1 Å². The van der Waals surface area contributed by atoms with E-state index >= 15 is 0 Å². The maximum Gasteiger partial charge on any atom is 0.208 e. The summed E-state index contributed by atoms with van der Waals surface area (Å²) < 4.78 is 5.68. The van der Waals surface area contributed by atoms with Crippen LogP contribution in [0.15, 0.2) is 28.8 Å². The van der Waals surface area contributed by atoms with Crippen LogP contribution < -0.4 is 5.32 Å². The molecule has 0 amide bonds. The summed E-state index contributed by atoms with van der Waals surface area (Å²) >= 11 is 12.3. The number of hydrogen-bond acceptors (Lipinski definition) is 3. The number of oxazole rings is 1. The van der Waals surface area contributed by atoms with E-state index in [0.29, 0.717) is 33.8 Å². The lowest BCUT2D eigenvalue weighted by molar-refractivity contribution is 0.383. The third-order valence-electron chi connectivity index (χ3n) is 2.53. The molecule has 0 aliphatic carbocycles. The molecule has 1 aromatic carbocycles. The largest absolute Gasteiger partial charge is 0.439 e. The minimum absolute atomic E-state index is 0.0106. The molecule has 1 heterocycles. The van der Waals surface area contributed by atoms with Crippen molar-refractivity contribution < 1.29 is 4.42 Å². The Labute approximate surface area is 122 Å². The van der Waals surface area contributed by atoms with Gasteiger partial charge in [0.05, 0.1) is 28.4 Å². The number of aromatic nitrogens is 1. The van der Waals surface area contributed by atoms with Crippen molar-refractivity contribution in [1.29, 1.82) is 0 Å². The predicted octanol–water partition coefficient (Wildman–Crippen LogP) is 4.54. The van der Waals surface area contributed by atoms with Gasteiger partial charge in [-0.3, -0.25) is 0 Å². The van der Waals surface area contributed by atoms with Gasteiger partial charge < -0.3 is 9.73 Å². The van der Waals surface area contributed by atoms with Gasteiger partial charge in [0.1, 0.15) is 0 Å². The van der Waals surface area contributed by atoms with Gasteiger partial charge >= 0.3 is 0 Å². The van der Waals surface area contributed by atoms with Crippen LogP contribution in [0.5, 0.6) is 0 Å². The quantitative estimate of drug-likeness (QED) is 0.904. The summed E-state index contributed by atoms with van der Waals surface area (Å²) in [5.41, 5.74) is 0.691. The summed E-state index contributed by atoms with van der Waals surface area (Å²) in [7, 11) is 0. The van der Waals surface area contributed by atoms with E-state index in [-0.39, 0.29) is 5.54 Å². The Morgan fingerprint density at radius 3 is 2.42 bits per heavy atom. The second-order valence-electron chi connectivity index (χ2n) is 5.32. The lowest BCUT2D eigenvalue weighted by Gasteiger charge is -2.18. The van der Waals surface area contributed by atoms with E-state index in [1.807, 2.05) is 0 Å². The Morgan fingerprint density at radius 1 is 1.21 bits per heavy atom. The zero-order valence-electron chi connectivity index (χ0n) is 11.1. The number of nitrogens with one attached hydrogen (secondary N) is 1. The molecule has 1 aromatic heterocycles. The minimum atomic E-state index is 0.0106. The fraction of sp³-hybridized carbons (Fsp3) is 0.357. The molecular weight excluding hydrogens is 283 g/mol. The van der Waals surface area contributed by atoms with Crippen LogP contribution in [0.2, 0.25) is 10.0 Å². The Balaban J connectivity index is 2.22. The zero-order valence-corrected chi connectivity index (χ0v) is 12.6. The molecule has 3 nitrogen and oxygen atoms in total. The van der Waals surface area contributed by atoms with Crippen LogP contribution in [0.25, 0.3) is 11.3 Å². The standard InChI is InChI=1S/C14H16Cl2N2O/c1-14(2,3)18-8-12-17-7-11(19-12)13-9(15)5-4-6-10(13)16/h4-7,18H,8H2,1-3H3. The summed E-state index contributed by atoms with van der Waals surface area (Å²) in [4.78, 5) is 4.23. The van der Waals surface area contributed by atoms with Crippen molar-refractivity contribution in [3.8, 4) is 11.3 Å². The topological polar surface area (TPSA) is 38.1 Å². The first-order chi connectivity index (χ1) is 8.87. The molecule has 2 rings (SSSR count). The van der Waals surface area contributed by atoms with Crippen molar-refractivity contribution >= 4 is 23.2 Å². The highest BCUT2D eigenvalue weighted by Gasteiger charge is 2.15. The zero-order chi connectivity index (χ0) is 14.0. The first kappa shape index (κ1) is 14.4. The average molecular weight is 299 g/mol. The first-order valence-electron chi connectivity index (χ1n) is 6.01. The minimum Gasteiger partial charge on any atom is -0.439 e. The van der Waals surface area contributed by atoms with Gasteiger partial charge in [0, 0.05) is 5.54 Å². The van der Waals surface area contributed by atoms with E-state index < -0.39 is 0 Å². The van der Waals surface area contributed by atoms with E-state index in [1.165, 1.54) is 0 Å². The molecule has 0 aliphatic rings. The molecule has 0 atom stereocenters. The number of rotatable bonds is 3. The third-order valence-corrected chi connectivity index (χ3v) is 3.16. The maximum atomic E-state index is 6.14. The number of hydrogen-bond donors (Lipinski definition) is 1. The van der Waals surface area contributed by atoms with Crippen LogP contribution in [0, 0.1) is 0 Å². The van der Waals surface area contributed by atoms with Gasteiger partial charge in [-0.05, 0) is 32.9 Å². The van der Waals surface area contributed by atoms with Gasteiger partial charge in [0.15, 0.2) is 5.76 Å². The van der Waals surface area contributed by atoms with Crippen LogP contribution in [0.4, 0.5) is 0 Å². The molecule has 0 unspecified atom stereocenters. The van der Waals surface area contributed by atoms with Crippen molar-refractivity contribution in [2.45, 2.75) is 32.9 Å². The number of halogens is 2. The van der Waals surface area contributed by atoms with Crippen LogP contribution in [-0.2, 0) is 6.54 Å². The highest BCUT2D eigenvalue weighted by molar-refractivity contribution is 6.39. The van der Waals surface area contributed by atoms with E-state index in [4.69, 9.17) is 27.6 Å². The Morgan fingerprint density at radius 2 is 1.84 bits per heavy atom. The van der Waals surface area contributed by atoms with Crippen LogP contribution in [0.1, 0.15) is 26.7 Å². The van der Waals surface area contributed by atoms with E-state index in [0.717, 1.165) is 0 Å². The normalized spacial score (nSPS) is 11.8. The molecule has 19 heavy (non-hydrogen) atoms. The van der Waals surface area contributed by atoms with Gasteiger partial charge in [-0.2, -0.15) is 0 Å². The molecular formula is C14H16Cl2N2O. The summed E-state index contributed by atoms with van der Waals surface area (Å²) in [5.74, 6) is 1.20. The van der Waals surface area contributed by atoms with Crippen LogP contribution >= 0.6 is 23.2 Å². The average Bonchev–Trinajstić information content (AvgIpc) is 2.74. The van der Waals surface area contributed by atoms with Gasteiger partial charge in [0.25, 0.3) is 0 Å².